The van der Waals surface area contributed by atoms with Crippen molar-refractivity contribution in [2.75, 3.05) is 6.61 Å². The van der Waals surface area contributed by atoms with Gasteiger partial charge in [-0.15, -0.1) is 0 Å². The van der Waals surface area contributed by atoms with Crippen molar-refractivity contribution in [3.05, 3.63) is 12.7 Å². The van der Waals surface area contributed by atoms with Crippen LogP contribution in [-0.2, 0) is 9.53 Å². The molecular formula is C9H14O2S. The molecule has 0 radical (unpaired) electrons. The van der Waals surface area contributed by atoms with E-state index in [1.165, 1.54) is 6.08 Å². The predicted octanol–water partition coefficient (Wildman–Crippen LogP) is 2.28. The van der Waals surface area contributed by atoms with Crippen molar-refractivity contribution >= 4 is 23.6 Å². The maximum Gasteiger partial charge on any atom is 0.330 e. The Labute approximate surface area is 78.6 Å². The van der Waals surface area contributed by atoms with Crippen molar-refractivity contribution < 1.29 is 9.53 Å². The second-order valence-corrected chi connectivity index (χ2v) is 2.72. The molecular weight excluding hydrogens is 172 g/mol. The molecule has 0 aromatic rings. The van der Waals surface area contributed by atoms with Gasteiger partial charge in [-0.25, -0.2) is 4.79 Å². The van der Waals surface area contributed by atoms with E-state index in [2.05, 4.69) is 18.8 Å². The fourth-order valence-corrected chi connectivity index (χ4v) is 0.905. The Morgan fingerprint density at radius 1 is 1.42 bits per heavy atom. The van der Waals surface area contributed by atoms with Gasteiger partial charge >= 0.3 is 5.97 Å². The van der Waals surface area contributed by atoms with Crippen LogP contribution in [0.5, 0.6) is 0 Å². The van der Waals surface area contributed by atoms with Crippen LogP contribution in [0.4, 0.5) is 0 Å². The highest BCUT2D eigenvalue weighted by atomic mass is 32.1. The molecule has 68 valence electrons. The summed E-state index contributed by atoms with van der Waals surface area (Å²) in [6.45, 7) is 3.78. The number of unbranched alkanes of at least 4 members (excludes halogenated alkanes) is 3. The van der Waals surface area contributed by atoms with Gasteiger partial charge in [0.2, 0.25) is 0 Å². The third kappa shape index (κ3) is 7.41. The average molecular weight is 186 g/mol. The topological polar surface area (TPSA) is 26.3 Å². The standard InChI is InChI=1S/C9H14O2S/c1-2-9(10)11-7-5-3-4-6-8-12/h2,8H,1,3-7H2. The molecule has 0 saturated carbocycles. The molecule has 0 unspecified atom stereocenters. The van der Waals surface area contributed by atoms with Crippen LogP contribution in [0.25, 0.3) is 0 Å². The van der Waals surface area contributed by atoms with Crippen LogP contribution in [0.2, 0.25) is 0 Å². The zero-order valence-electron chi connectivity index (χ0n) is 7.12. The van der Waals surface area contributed by atoms with E-state index in [4.69, 9.17) is 4.74 Å². The van der Waals surface area contributed by atoms with Crippen molar-refractivity contribution in [1.29, 1.82) is 0 Å². The van der Waals surface area contributed by atoms with Crippen molar-refractivity contribution in [2.45, 2.75) is 25.7 Å². The first-order valence-corrected chi connectivity index (χ1v) is 4.51. The first kappa shape index (κ1) is 11.3. The number of rotatable bonds is 7. The van der Waals surface area contributed by atoms with Crippen LogP contribution < -0.4 is 0 Å². The Morgan fingerprint density at radius 3 is 2.75 bits per heavy atom. The molecule has 0 aliphatic carbocycles. The second kappa shape index (κ2) is 8.40. The monoisotopic (exact) mass is 186 g/mol. The summed E-state index contributed by atoms with van der Waals surface area (Å²) in [5, 5.41) is 1.73. The minimum Gasteiger partial charge on any atom is -0.463 e. The Balaban J connectivity index is 3.05. The van der Waals surface area contributed by atoms with Gasteiger partial charge in [-0.2, -0.15) is 0 Å². The molecule has 0 amide bonds. The zero-order chi connectivity index (χ0) is 9.23. The largest absolute Gasteiger partial charge is 0.463 e. The van der Waals surface area contributed by atoms with E-state index in [0.717, 1.165) is 25.7 Å². The lowest BCUT2D eigenvalue weighted by atomic mass is 10.2. The molecule has 12 heavy (non-hydrogen) atoms. The van der Waals surface area contributed by atoms with E-state index in [0.29, 0.717) is 6.61 Å². The normalized spacial score (nSPS) is 9.00. The SMILES string of the molecule is C=CC(=O)OCCCCCC=S. The van der Waals surface area contributed by atoms with E-state index < -0.39 is 0 Å². The van der Waals surface area contributed by atoms with E-state index >= 15 is 0 Å². The van der Waals surface area contributed by atoms with Crippen LogP contribution >= 0.6 is 12.2 Å². The maximum absolute atomic E-state index is 10.5. The molecule has 0 aromatic carbocycles. The van der Waals surface area contributed by atoms with Crippen molar-refractivity contribution in [1.82, 2.24) is 0 Å². The van der Waals surface area contributed by atoms with Gasteiger partial charge in [0.15, 0.2) is 0 Å². The lowest BCUT2D eigenvalue weighted by Gasteiger charge is -2.00. The molecule has 0 fully saturated rings. The van der Waals surface area contributed by atoms with Gasteiger partial charge in [0.1, 0.15) is 0 Å². The highest BCUT2D eigenvalue weighted by molar-refractivity contribution is 7.78. The highest BCUT2D eigenvalue weighted by Crippen LogP contribution is 1.98. The van der Waals surface area contributed by atoms with Gasteiger partial charge in [-0.05, 0) is 31.1 Å². The Bertz CT molecular complexity index is 155. The lowest BCUT2D eigenvalue weighted by Crippen LogP contribution is -2.01. The average Bonchev–Trinajstić information content (AvgIpc) is 2.10. The highest BCUT2D eigenvalue weighted by Gasteiger charge is 1.93. The summed E-state index contributed by atoms with van der Waals surface area (Å²) < 4.78 is 4.78. The molecule has 3 heteroatoms. The first-order chi connectivity index (χ1) is 5.81. The number of carbonyl (C=O) groups excluding carboxylic acids is 1. The quantitative estimate of drug-likeness (QED) is 0.264. The summed E-state index contributed by atoms with van der Waals surface area (Å²) in [7, 11) is 0. The van der Waals surface area contributed by atoms with Crippen molar-refractivity contribution in [2.24, 2.45) is 0 Å². The van der Waals surface area contributed by atoms with Crippen LogP contribution in [0.3, 0.4) is 0 Å². The minimum atomic E-state index is -0.343. The summed E-state index contributed by atoms with van der Waals surface area (Å²) in [5.41, 5.74) is 0. The summed E-state index contributed by atoms with van der Waals surface area (Å²) >= 11 is 4.67. The number of hydrogen-bond donors (Lipinski definition) is 0. The molecule has 0 aliphatic heterocycles. The van der Waals surface area contributed by atoms with Gasteiger partial charge in [0, 0.05) is 6.08 Å². The van der Waals surface area contributed by atoms with Crippen molar-refractivity contribution in [3.8, 4) is 0 Å². The van der Waals surface area contributed by atoms with Gasteiger partial charge < -0.3 is 4.74 Å². The molecule has 0 aliphatic rings. The Morgan fingerprint density at radius 2 is 2.17 bits per heavy atom. The summed E-state index contributed by atoms with van der Waals surface area (Å²) in [5.74, 6) is -0.343. The smallest absolute Gasteiger partial charge is 0.330 e. The van der Waals surface area contributed by atoms with E-state index in [1.54, 1.807) is 5.37 Å². The molecule has 2 nitrogen and oxygen atoms in total. The first-order valence-electron chi connectivity index (χ1n) is 4.04. The molecule has 0 spiro atoms. The predicted molar refractivity (Wildman–Crippen MR) is 53.3 cm³/mol. The number of ether oxygens (including phenoxy) is 1. The van der Waals surface area contributed by atoms with Crippen LogP contribution in [0.1, 0.15) is 25.7 Å². The zero-order valence-corrected chi connectivity index (χ0v) is 7.94. The Kier molecular flexibility index (Phi) is 7.91. The summed E-state index contributed by atoms with van der Waals surface area (Å²) in [4.78, 5) is 10.5. The molecule has 0 heterocycles. The molecule has 0 rings (SSSR count). The fourth-order valence-electron chi connectivity index (χ4n) is 0.738. The number of thiocarbonyl (C=S) groups is 1. The molecule has 0 aromatic heterocycles. The fraction of sp³-hybridized carbons (Fsp3) is 0.556. The Hall–Kier alpha value is -0.700. The lowest BCUT2D eigenvalue weighted by molar-refractivity contribution is -0.137. The maximum atomic E-state index is 10.5. The second-order valence-electron chi connectivity index (χ2n) is 2.39. The van der Waals surface area contributed by atoms with Gasteiger partial charge in [0.05, 0.1) is 6.61 Å². The van der Waals surface area contributed by atoms with E-state index in [9.17, 15) is 4.79 Å². The molecule has 0 saturated heterocycles. The number of esters is 1. The van der Waals surface area contributed by atoms with Crippen LogP contribution in [0, 0.1) is 0 Å². The van der Waals surface area contributed by atoms with Crippen LogP contribution in [0.15, 0.2) is 12.7 Å². The minimum absolute atomic E-state index is 0.343. The third-order valence-corrected chi connectivity index (χ3v) is 1.61. The summed E-state index contributed by atoms with van der Waals surface area (Å²) in [6, 6.07) is 0. The van der Waals surface area contributed by atoms with Crippen molar-refractivity contribution in [3.63, 3.8) is 0 Å². The third-order valence-electron chi connectivity index (χ3n) is 1.38. The van der Waals surface area contributed by atoms with Crippen LogP contribution in [-0.4, -0.2) is 17.9 Å². The van der Waals surface area contributed by atoms with E-state index in [-0.39, 0.29) is 5.97 Å². The van der Waals surface area contributed by atoms with Gasteiger partial charge in [-0.3, -0.25) is 0 Å². The number of carbonyl (C=O) groups is 1. The van der Waals surface area contributed by atoms with Gasteiger partial charge in [0.25, 0.3) is 0 Å². The van der Waals surface area contributed by atoms with Gasteiger partial charge in [-0.1, -0.05) is 18.8 Å². The molecule has 0 N–H and O–H groups in total. The van der Waals surface area contributed by atoms with E-state index in [1.807, 2.05) is 0 Å². The number of hydrogen-bond acceptors (Lipinski definition) is 3. The molecule has 0 bridgehead atoms. The summed E-state index contributed by atoms with van der Waals surface area (Å²) in [6.07, 6.45) is 5.18. The molecule has 0 atom stereocenters.